The molecule has 3 atom stereocenters. The van der Waals surface area contributed by atoms with Gasteiger partial charge in [-0.15, -0.1) is 0 Å². The Hall–Kier alpha value is -2.75. The number of amides is 2. The lowest BCUT2D eigenvalue weighted by atomic mass is 9.83. The van der Waals surface area contributed by atoms with Gasteiger partial charge >= 0.3 is 0 Å². The largest absolute Gasteiger partial charge is 0.353 e. The number of carbonyl (C=O) groups excluding carboxylic acids is 2. The van der Waals surface area contributed by atoms with Gasteiger partial charge in [0.15, 0.2) is 0 Å². The van der Waals surface area contributed by atoms with Crippen molar-refractivity contribution in [2.75, 3.05) is 26.2 Å². The van der Waals surface area contributed by atoms with Crippen LogP contribution in [0.3, 0.4) is 0 Å². The Morgan fingerprint density at radius 1 is 1.08 bits per heavy atom. The summed E-state index contributed by atoms with van der Waals surface area (Å²) >= 11 is 0. The minimum Gasteiger partial charge on any atom is -0.353 e. The molecule has 2 saturated heterocycles. The fraction of sp³-hybridized carbons (Fsp3) is 0.500. The third-order valence-electron chi connectivity index (χ3n) is 7.87. The van der Waals surface area contributed by atoms with Gasteiger partial charge < -0.3 is 16.0 Å². The van der Waals surface area contributed by atoms with Crippen molar-refractivity contribution in [2.45, 2.75) is 68.3 Å². The summed E-state index contributed by atoms with van der Waals surface area (Å²) in [6.07, 6.45) is 4.95. The molecule has 2 amide bonds. The molecule has 3 N–H and O–H groups in total. The molecule has 0 aromatic heterocycles. The van der Waals surface area contributed by atoms with Gasteiger partial charge in [-0.1, -0.05) is 35.9 Å². The van der Waals surface area contributed by atoms with Gasteiger partial charge in [-0.2, -0.15) is 4.31 Å². The Labute approximate surface area is 219 Å². The van der Waals surface area contributed by atoms with Crippen LogP contribution in [0.5, 0.6) is 0 Å². The lowest BCUT2D eigenvalue weighted by molar-refractivity contribution is -0.132. The predicted octanol–water partition coefficient (Wildman–Crippen LogP) is 2.54. The van der Waals surface area contributed by atoms with Gasteiger partial charge in [-0.25, -0.2) is 8.42 Å². The van der Waals surface area contributed by atoms with E-state index in [4.69, 9.17) is 0 Å². The second kappa shape index (κ2) is 10.9. The molecule has 0 radical (unpaired) electrons. The third-order valence-corrected chi connectivity index (χ3v) is 9.80. The maximum Gasteiger partial charge on any atom is 0.243 e. The summed E-state index contributed by atoms with van der Waals surface area (Å²) in [5.41, 5.74) is 4.71. The Balaban J connectivity index is 1.30. The summed E-state index contributed by atoms with van der Waals surface area (Å²) in [7, 11) is -3.92. The number of fused-ring (bicyclic) bond motifs is 1. The topological polar surface area (TPSA) is 108 Å². The summed E-state index contributed by atoms with van der Waals surface area (Å²) in [6, 6.07) is 12.0. The molecule has 5 rings (SSSR count). The Morgan fingerprint density at radius 2 is 1.89 bits per heavy atom. The highest BCUT2D eigenvalue weighted by Gasteiger charge is 2.40. The first-order chi connectivity index (χ1) is 17.8. The van der Waals surface area contributed by atoms with Gasteiger partial charge in [-0.05, 0) is 80.3 Å². The smallest absolute Gasteiger partial charge is 0.243 e. The van der Waals surface area contributed by atoms with Crippen molar-refractivity contribution in [2.24, 2.45) is 0 Å². The van der Waals surface area contributed by atoms with Crippen molar-refractivity contribution < 1.29 is 18.0 Å². The van der Waals surface area contributed by atoms with E-state index in [9.17, 15) is 18.0 Å². The summed E-state index contributed by atoms with van der Waals surface area (Å²) in [6.45, 7) is 4.32. The molecule has 2 fully saturated rings. The number of aryl methyl sites for hydroxylation is 2. The normalized spacial score (nSPS) is 24.7. The van der Waals surface area contributed by atoms with Crippen molar-refractivity contribution >= 4 is 21.8 Å². The highest BCUT2D eigenvalue weighted by molar-refractivity contribution is 7.89. The monoisotopic (exact) mass is 524 g/mol. The number of carbonyl (C=O) groups is 2. The summed E-state index contributed by atoms with van der Waals surface area (Å²) in [5, 5.41) is 9.32. The molecule has 0 saturated carbocycles. The summed E-state index contributed by atoms with van der Waals surface area (Å²) in [4.78, 5) is 26.1. The molecular weight excluding hydrogens is 488 g/mol. The van der Waals surface area contributed by atoms with Gasteiger partial charge in [0, 0.05) is 19.6 Å². The SMILES string of the molecule is Cc1ccc(S(=O)(=O)N2CCNC(=O)C2CC(=O)NC2CCCc3cc(C4CCCNC4)ccc32)cc1. The molecule has 2 heterocycles. The quantitative estimate of drug-likeness (QED) is 0.538. The van der Waals surface area contributed by atoms with Crippen LogP contribution < -0.4 is 16.0 Å². The van der Waals surface area contributed by atoms with Gasteiger partial charge in [0.05, 0.1) is 17.4 Å². The zero-order valence-electron chi connectivity index (χ0n) is 21.3. The number of sulfonamides is 1. The maximum atomic E-state index is 13.4. The van der Waals surface area contributed by atoms with Crippen molar-refractivity contribution in [1.82, 2.24) is 20.3 Å². The number of piperazine rings is 1. The van der Waals surface area contributed by atoms with E-state index >= 15 is 0 Å². The first-order valence-electron chi connectivity index (χ1n) is 13.3. The number of benzene rings is 2. The van der Waals surface area contributed by atoms with E-state index in [-0.39, 0.29) is 36.4 Å². The molecule has 2 aromatic carbocycles. The number of hydrogen-bond donors (Lipinski definition) is 3. The molecule has 1 aliphatic carbocycles. The first-order valence-corrected chi connectivity index (χ1v) is 14.8. The molecule has 2 aromatic rings. The van der Waals surface area contributed by atoms with Gasteiger partial charge in [-0.3, -0.25) is 9.59 Å². The number of rotatable bonds is 6. The number of piperidine rings is 1. The highest BCUT2D eigenvalue weighted by atomic mass is 32.2. The van der Waals surface area contributed by atoms with Crippen LogP contribution in [0, 0.1) is 6.92 Å². The van der Waals surface area contributed by atoms with E-state index in [0.29, 0.717) is 5.92 Å². The van der Waals surface area contributed by atoms with Crippen molar-refractivity contribution in [3.05, 3.63) is 64.7 Å². The fourth-order valence-corrected chi connectivity index (χ4v) is 7.41. The molecule has 37 heavy (non-hydrogen) atoms. The molecule has 9 heteroatoms. The zero-order valence-corrected chi connectivity index (χ0v) is 22.1. The standard InChI is InChI=1S/C28H36N4O4S/c1-19-7-10-23(11-8-19)37(35,36)32-15-14-30-28(34)26(32)17-27(33)31-25-6-2-4-21-16-20(9-12-24(21)25)22-5-3-13-29-18-22/h7-12,16,22,25-26,29H,2-6,13-15,17-18H2,1H3,(H,30,34)(H,31,33). The van der Waals surface area contributed by atoms with Crippen LogP contribution in [0.4, 0.5) is 0 Å². The van der Waals surface area contributed by atoms with Crippen LogP contribution in [0.2, 0.25) is 0 Å². The van der Waals surface area contributed by atoms with E-state index in [1.54, 1.807) is 24.3 Å². The molecular formula is C28H36N4O4S. The first kappa shape index (κ1) is 25.9. The van der Waals surface area contributed by atoms with Crippen LogP contribution in [0.1, 0.15) is 66.3 Å². The molecule has 0 spiro atoms. The molecule has 8 nitrogen and oxygen atoms in total. The third kappa shape index (κ3) is 5.58. The molecule has 0 bridgehead atoms. The van der Waals surface area contributed by atoms with Gasteiger partial charge in [0.25, 0.3) is 0 Å². The highest BCUT2D eigenvalue weighted by Crippen LogP contribution is 2.33. The Kier molecular flexibility index (Phi) is 7.65. The lowest BCUT2D eigenvalue weighted by Gasteiger charge is -2.34. The molecule has 3 aliphatic rings. The van der Waals surface area contributed by atoms with E-state index in [1.165, 1.54) is 28.3 Å². The fourth-order valence-electron chi connectivity index (χ4n) is 5.82. The van der Waals surface area contributed by atoms with Crippen molar-refractivity contribution in [3.8, 4) is 0 Å². The summed E-state index contributed by atoms with van der Waals surface area (Å²) in [5.74, 6) is -0.225. The van der Waals surface area contributed by atoms with Crippen LogP contribution in [-0.2, 0) is 26.0 Å². The maximum absolute atomic E-state index is 13.4. The average Bonchev–Trinajstić information content (AvgIpc) is 2.90. The predicted molar refractivity (Wildman–Crippen MR) is 142 cm³/mol. The molecule has 198 valence electrons. The molecule has 3 unspecified atom stereocenters. The average molecular weight is 525 g/mol. The van der Waals surface area contributed by atoms with Crippen molar-refractivity contribution in [1.29, 1.82) is 0 Å². The second-order valence-electron chi connectivity index (χ2n) is 10.5. The molecule has 2 aliphatic heterocycles. The second-order valence-corrected chi connectivity index (χ2v) is 12.3. The zero-order chi connectivity index (χ0) is 26.0. The van der Waals surface area contributed by atoms with Crippen molar-refractivity contribution in [3.63, 3.8) is 0 Å². The van der Waals surface area contributed by atoms with Gasteiger partial charge in [0.2, 0.25) is 21.8 Å². The van der Waals surface area contributed by atoms with E-state index in [0.717, 1.165) is 43.5 Å². The van der Waals surface area contributed by atoms with Crippen LogP contribution in [0.15, 0.2) is 47.4 Å². The minimum absolute atomic E-state index is 0.128. The lowest BCUT2D eigenvalue weighted by Crippen LogP contribution is -2.58. The van der Waals surface area contributed by atoms with E-state index in [2.05, 4.69) is 34.1 Å². The minimum atomic E-state index is -3.92. The van der Waals surface area contributed by atoms with Crippen LogP contribution in [-0.4, -0.2) is 56.8 Å². The number of nitrogens with zero attached hydrogens (tertiary/aromatic N) is 1. The van der Waals surface area contributed by atoms with Crippen LogP contribution in [0.25, 0.3) is 0 Å². The Bertz CT molecular complexity index is 1260. The number of hydrogen-bond acceptors (Lipinski definition) is 5. The number of nitrogens with one attached hydrogen (secondary N) is 3. The van der Waals surface area contributed by atoms with Crippen LogP contribution >= 0.6 is 0 Å². The summed E-state index contributed by atoms with van der Waals surface area (Å²) < 4.78 is 27.9. The van der Waals surface area contributed by atoms with E-state index in [1.807, 2.05) is 6.92 Å². The van der Waals surface area contributed by atoms with Gasteiger partial charge in [0.1, 0.15) is 6.04 Å². The Morgan fingerprint density at radius 3 is 2.65 bits per heavy atom. The van der Waals surface area contributed by atoms with E-state index < -0.39 is 22.0 Å².